The van der Waals surface area contributed by atoms with E-state index in [1.807, 2.05) is 0 Å². The number of carbonyl (C=O) groups is 2. The van der Waals surface area contributed by atoms with Crippen molar-refractivity contribution in [1.82, 2.24) is 4.57 Å². The van der Waals surface area contributed by atoms with Crippen LogP contribution in [0.5, 0.6) is 0 Å². The Labute approximate surface area is 153 Å². The van der Waals surface area contributed by atoms with E-state index in [9.17, 15) is 14.0 Å². The quantitative estimate of drug-likeness (QED) is 0.645. The summed E-state index contributed by atoms with van der Waals surface area (Å²) in [7, 11) is 1.56. The van der Waals surface area contributed by atoms with Gasteiger partial charge in [-0.2, -0.15) is 4.99 Å². The van der Waals surface area contributed by atoms with Crippen LogP contribution < -0.4 is 4.80 Å². The van der Waals surface area contributed by atoms with Crippen molar-refractivity contribution in [2.75, 3.05) is 13.7 Å². The number of hydrogen-bond donors (Lipinski definition) is 0. The highest BCUT2D eigenvalue weighted by Crippen LogP contribution is 2.20. The third kappa shape index (κ3) is 3.63. The van der Waals surface area contributed by atoms with Gasteiger partial charge in [-0.05, 0) is 31.2 Å². The number of Topliss-reactive ketones (excluding diaryl/α,β-unsaturated/α-hetero) is 1. The van der Waals surface area contributed by atoms with Crippen LogP contribution in [0, 0.1) is 5.82 Å². The Balaban J connectivity index is 2.06. The van der Waals surface area contributed by atoms with Crippen molar-refractivity contribution in [2.24, 2.45) is 4.99 Å². The summed E-state index contributed by atoms with van der Waals surface area (Å²) in [6.45, 7) is 2.22. The molecule has 2 aromatic carbocycles. The number of ketones is 1. The molecule has 5 nitrogen and oxygen atoms in total. The van der Waals surface area contributed by atoms with Crippen LogP contribution >= 0.6 is 11.3 Å². The second-order valence-electron chi connectivity index (χ2n) is 5.67. The van der Waals surface area contributed by atoms with Crippen LogP contribution in [-0.2, 0) is 11.3 Å². The zero-order chi connectivity index (χ0) is 18.7. The largest absolute Gasteiger partial charge is 0.383 e. The van der Waals surface area contributed by atoms with Crippen LogP contribution in [0.4, 0.5) is 4.39 Å². The van der Waals surface area contributed by atoms with E-state index in [1.54, 1.807) is 48.1 Å². The van der Waals surface area contributed by atoms with E-state index in [0.717, 1.165) is 0 Å². The summed E-state index contributed by atoms with van der Waals surface area (Å²) in [4.78, 5) is 28.4. The number of rotatable bonds is 5. The number of nitrogens with zero attached hydrogens (tertiary/aromatic N) is 2. The van der Waals surface area contributed by atoms with Gasteiger partial charge in [0.15, 0.2) is 10.6 Å². The number of carbonyl (C=O) groups excluding carboxylic acids is 2. The molecule has 7 heteroatoms. The zero-order valence-electron chi connectivity index (χ0n) is 14.4. The van der Waals surface area contributed by atoms with Gasteiger partial charge in [0.05, 0.1) is 16.8 Å². The molecule has 0 aliphatic rings. The first-order valence-electron chi connectivity index (χ1n) is 7.98. The molecule has 0 unspecified atom stereocenters. The third-order valence-electron chi connectivity index (χ3n) is 3.91. The first-order valence-corrected chi connectivity index (χ1v) is 8.79. The van der Waals surface area contributed by atoms with Gasteiger partial charge in [0, 0.05) is 24.8 Å². The van der Waals surface area contributed by atoms with Crippen LogP contribution in [0.3, 0.4) is 0 Å². The molecule has 0 saturated heterocycles. The van der Waals surface area contributed by atoms with Gasteiger partial charge in [0.2, 0.25) is 0 Å². The van der Waals surface area contributed by atoms with Gasteiger partial charge >= 0.3 is 0 Å². The van der Waals surface area contributed by atoms with Gasteiger partial charge < -0.3 is 9.30 Å². The fourth-order valence-corrected chi connectivity index (χ4v) is 3.63. The molecule has 0 radical (unpaired) electrons. The highest BCUT2D eigenvalue weighted by atomic mass is 32.1. The lowest BCUT2D eigenvalue weighted by atomic mass is 10.1. The molecule has 1 amide bonds. The summed E-state index contributed by atoms with van der Waals surface area (Å²) in [5, 5.41) is 0. The number of amides is 1. The maximum Gasteiger partial charge on any atom is 0.279 e. The van der Waals surface area contributed by atoms with Crippen molar-refractivity contribution >= 4 is 33.2 Å². The minimum atomic E-state index is -0.446. The van der Waals surface area contributed by atoms with Gasteiger partial charge in [-0.25, -0.2) is 4.39 Å². The molecule has 0 N–H and O–H groups in total. The molecule has 0 atom stereocenters. The average molecular weight is 372 g/mol. The summed E-state index contributed by atoms with van der Waals surface area (Å²) < 4.78 is 21.7. The Bertz CT molecular complexity index is 1040. The lowest BCUT2D eigenvalue weighted by Crippen LogP contribution is -2.19. The second kappa shape index (κ2) is 7.72. The first kappa shape index (κ1) is 18.2. The molecule has 1 heterocycles. The molecule has 1 aromatic heterocycles. The average Bonchev–Trinajstić information content (AvgIpc) is 2.98. The Morgan fingerprint density at radius 3 is 2.50 bits per heavy atom. The standard InChI is InChI=1S/C19H17FN2O3S/c1-12(23)13-6-8-14(9-7-13)18(24)21-19-22(10-11-25-2)17-15(20)4-3-5-16(17)26-19/h3-9H,10-11H2,1-2H3. The monoisotopic (exact) mass is 372 g/mol. The Hall–Kier alpha value is -2.64. The number of hydrogen-bond acceptors (Lipinski definition) is 4. The molecule has 0 aliphatic heterocycles. The van der Waals surface area contributed by atoms with Gasteiger partial charge in [-0.15, -0.1) is 0 Å². The smallest absolute Gasteiger partial charge is 0.279 e. The third-order valence-corrected chi connectivity index (χ3v) is 4.95. The molecule has 134 valence electrons. The van der Waals surface area contributed by atoms with Crippen molar-refractivity contribution in [1.29, 1.82) is 0 Å². The van der Waals surface area contributed by atoms with E-state index < -0.39 is 5.91 Å². The minimum absolute atomic E-state index is 0.0710. The minimum Gasteiger partial charge on any atom is -0.383 e. The molecule has 0 fully saturated rings. The molecule has 0 bridgehead atoms. The Kier molecular flexibility index (Phi) is 5.39. The van der Waals surface area contributed by atoms with Gasteiger partial charge in [-0.3, -0.25) is 9.59 Å². The topological polar surface area (TPSA) is 60.7 Å². The Morgan fingerprint density at radius 1 is 1.15 bits per heavy atom. The summed E-state index contributed by atoms with van der Waals surface area (Å²) >= 11 is 1.25. The predicted octanol–water partition coefficient (Wildman–Crippen LogP) is 3.43. The summed E-state index contributed by atoms with van der Waals surface area (Å²) in [6.07, 6.45) is 0. The van der Waals surface area contributed by atoms with E-state index >= 15 is 0 Å². The predicted molar refractivity (Wildman–Crippen MR) is 98.0 cm³/mol. The highest BCUT2D eigenvalue weighted by Gasteiger charge is 2.12. The summed E-state index contributed by atoms with van der Waals surface area (Å²) in [5.41, 5.74) is 1.31. The van der Waals surface area contributed by atoms with Crippen molar-refractivity contribution in [2.45, 2.75) is 13.5 Å². The number of thiazole rings is 1. The van der Waals surface area contributed by atoms with E-state index in [1.165, 1.54) is 24.3 Å². The van der Waals surface area contributed by atoms with Gasteiger partial charge in [0.25, 0.3) is 5.91 Å². The van der Waals surface area contributed by atoms with Crippen molar-refractivity contribution < 1.29 is 18.7 Å². The maximum atomic E-state index is 14.3. The lowest BCUT2D eigenvalue weighted by molar-refractivity contribution is 0.0991. The number of para-hydroxylation sites is 1. The summed E-state index contributed by atoms with van der Waals surface area (Å²) in [6, 6.07) is 11.1. The van der Waals surface area contributed by atoms with Crippen LogP contribution in [0.15, 0.2) is 47.5 Å². The van der Waals surface area contributed by atoms with Crippen LogP contribution in [-0.4, -0.2) is 30.0 Å². The maximum absolute atomic E-state index is 14.3. The highest BCUT2D eigenvalue weighted by molar-refractivity contribution is 7.16. The van der Waals surface area contributed by atoms with Crippen molar-refractivity contribution in [3.05, 3.63) is 64.2 Å². The fourth-order valence-electron chi connectivity index (χ4n) is 2.56. The molecule has 3 aromatic rings. The SMILES string of the molecule is COCCn1c(=NC(=O)c2ccc(C(C)=O)cc2)sc2cccc(F)c21. The number of fused-ring (bicyclic) bond motifs is 1. The van der Waals surface area contributed by atoms with Crippen molar-refractivity contribution in [3.63, 3.8) is 0 Å². The van der Waals surface area contributed by atoms with E-state index in [-0.39, 0.29) is 11.6 Å². The molecule has 0 aliphatic carbocycles. The number of ether oxygens (including phenoxy) is 1. The van der Waals surface area contributed by atoms with E-state index in [4.69, 9.17) is 4.74 Å². The number of halogens is 1. The van der Waals surface area contributed by atoms with Gasteiger partial charge in [0.1, 0.15) is 5.82 Å². The molecule has 3 rings (SSSR count). The van der Waals surface area contributed by atoms with Crippen LogP contribution in [0.2, 0.25) is 0 Å². The number of methoxy groups -OCH3 is 1. The second-order valence-corrected chi connectivity index (χ2v) is 6.68. The molecule has 0 saturated carbocycles. The Morgan fingerprint density at radius 2 is 1.85 bits per heavy atom. The van der Waals surface area contributed by atoms with Crippen LogP contribution in [0.1, 0.15) is 27.6 Å². The number of aromatic nitrogens is 1. The zero-order valence-corrected chi connectivity index (χ0v) is 15.2. The molecular formula is C19H17FN2O3S. The molecule has 26 heavy (non-hydrogen) atoms. The lowest BCUT2D eigenvalue weighted by Gasteiger charge is -2.05. The molecular weight excluding hydrogens is 355 g/mol. The number of benzene rings is 2. The fraction of sp³-hybridized carbons (Fsp3) is 0.211. The summed E-state index contributed by atoms with van der Waals surface area (Å²) in [5.74, 6) is -0.883. The van der Waals surface area contributed by atoms with Crippen LogP contribution in [0.25, 0.3) is 10.2 Å². The normalized spacial score (nSPS) is 11.9. The first-order chi connectivity index (χ1) is 12.5. The van der Waals surface area contributed by atoms with Crippen molar-refractivity contribution in [3.8, 4) is 0 Å². The van der Waals surface area contributed by atoms with E-state index in [2.05, 4.69) is 4.99 Å². The van der Waals surface area contributed by atoms with Gasteiger partial charge in [-0.1, -0.05) is 29.5 Å². The molecule has 0 spiro atoms. The van der Waals surface area contributed by atoms with E-state index in [0.29, 0.717) is 39.3 Å².